The molecular formula is H4LiO4PSc. The van der Waals surface area contributed by atoms with Crippen molar-refractivity contribution < 1.29 is 65.4 Å². The molecule has 0 bridgehead atoms. The van der Waals surface area contributed by atoms with Gasteiger partial charge in [-0.25, -0.2) is 4.57 Å². The molecule has 0 heterocycles. The molecule has 3 N–H and O–H groups in total. The van der Waals surface area contributed by atoms with Gasteiger partial charge in [0.25, 0.3) is 0 Å². The van der Waals surface area contributed by atoms with E-state index in [9.17, 15) is 0 Å². The van der Waals surface area contributed by atoms with Crippen LogP contribution in [0.4, 0.5) is 0 Å². The number of rotatable bonds is 0. The summed E-state index contributed by atoms with van der Waals surface area (Å²) in [5.74, 6) is 0. The first-order valence-corrected chi connectivity index (χ1v) is 2.35. The van der Waals surface area contributed by atoms with E-state index in [4.69, 9.17) is 19.2 Å². The molecule has 0 rings (SSSR count). The Morgan fingerprint density at radius 1 is 1.29 bits per heavy atom. The van der Waals surface area contributed by atoms with Crippen LogP contribution in [0.3, 0.4) is 0 Å². The first kappa shape index (κ1) is 15.8. The van der Waals surface area contributed by atoms with Crippen molar-refractivity contribution in [2.24, 2.45) is 0 Å². The average Bonchev–Trinajstić information content (AvgIpc) is 0.722. The molecule has 0 aliphatic heterocycles. The molecule has 0 aromatic carbocycles. The first-order valence-electron chi connectivity index (χ1n) is 0.783. The van der Waals surface area contributed by atoms with Crippen LogP contribution in [-0.2, 0) is 30.4 Å². The molecule has 0 spiro atoms. The molecule has 0 saturated carbocycles. The van der Waals surface area contributed by atoms with Gasteiger partial charge in [-0.05, 0) is 0 Å². The molecular weight excluding hydrogens is 147 g/mol. The van der Waals surface area contributed by atoms with Gasteiger partial charge in [0.1, 0.15) is 0 Å². The Hall–Kier alpha value is 1.58. The van der Waals surface area contributed by atoms with Crippen LogP contribution in [0.25, 0.3) is 0 Å². The standard InChI is InChI=1S/Li.H3O4P.Sc.H/c;1-5(2,3)4;;/h;(H3,1,2,3,4);;/q+1;;;-1. The minimum Gasteiger partial charge on any atom is -1.00 e. The summed E-state index contributed by atoms with van der Waals surface area (Å²) < 4.78 is 8.88. The molecule has 37 valence electrons. The van der Waals surface area contributed by atoms with E-state index < -0.39 is 7.82 Å². The van der Waals surface area contributed by atoms with Crippen LogP contribution in [0.5, 0.6) is 0 Å². The largest absolute Gasteiger partial charge is 1.00 e. The Labute approximate surface area is 73.0 Å². The zero-order valence-corrected chi connectivity index (χ0v) is 6.47. The molecule has 4 nitrogen and oxygen atoms in total. The first-order chi connectivity index (χ1) is 2.00. The predicted molar refractivity (Wildman–Crippen MR) is 15.4 cm³/mol. The van der Waals surface area contributed by atoms with Crippen LogP contribution in [0.15, 0.2) is 0 Å². The Bertz CT molecular complexity index is 62.2. The van der Waals surface area contributed by atoms with Crippen molar-refractivity contribution in [3.8, 4) is 0 Å². The van der Waals surface area contributed by atoms with Crippen LogP contribution in [-0.4, -0.2) is 14.7 Å². The van der Waals surface area contributed by atoms with E-state index in [1.54, 1.807) is 0 Å². The summed E-state index contributed by atoms with van der Waals surface area (Å²) in [7, 11) is -4.64. The van der Waals surface area contributed by atoms with Crippen molar-refractivity contribution in [1.82, 2.24) is 0 Å². The third-order valence-corrected chi connectivity index (χ3v) is 0. The van der Waals surface area contributed by atoms with E-state index in [0.717, 1.165) is 0 Å². The summed E-state index contributed by atoms with van der Waals surface area (Å²) in [5.41, 5.74) is 0. The topological polar surface area (TPSA) is 77.8 Å². The second kappa shape index (κ2) is 5.71. The fourth-order valence-electron chi connectivity index (χ4n) is 0. The summed E-state index contributed by atoms with van der Waals surface area (Å²) in [6, 6.07) is 0. The SMILES string of the molecule is O=P(O)(O)O.[H-].[Li+].[Sc]. The van der Waals surface area contributed by atoms with Gasteiger partial charge in [0, 0.05) is 25.8 Å². The summed E-state index contributed by atoms with van der Waals surface area (Å²) >= 11 is 0. The van der Waals surface area contributed by atoms with Crippen LogP contribution >= 0.6 is 7.82 Å². The molecule has 7 heavy (non-hydrogen) atoms. The van der Waals surface area contributed by atoms with Crippen molar-refractivity contribution >= 4 is 7.82 Å². The van der Waals surface area contributed by atoms with Crippen molar-refractivity contribution in [2.45, 2.75) is 0 Å². The molecule has 0 saturated heterocycles. The van der Waals surface area contributed by atoms with Gasteiger partial charge in [0.2, 0.25) is 0 Å². The van der Waals surface area contributed by atoms with Gasteiger partial charge >= 0.3 is 26.7 Å². The Balaban J connectivity index is -0.0000000267. The fraction of sp³-hybridized carbons (Fsp3) is 0. The summed E-state index contributed by atoms with van der Waals surface area (Å²) in [4.78, 5) is 21.6. The second-order valence-electron chi connectivity index (χ2n) is 0.513. The Kier molecular flexibility index (Phi) is 12.9. The van der Waals surface area contributed by atoms with E-state index in [2.05, 4.69) is 0 Å². The molecule has 7 heteroatoms. The molecule has 1 radical (unpaired) electrons. The molecule has 0 fully saturated rings. The van der Waals surface area contributed by atoms with Crippen molar-refractivity contribution in [2.75, 3.05) is 0 Å². The van der Waals surface area contributed by atoms with Crippen molar-refractivity contribution in [3.05, 3.63) is 0 Å². The molecule has 0 aliphatic carbocycles. The van der Waals surface area contributed by atoms with Crippen molar-refractivity contribution in [3.63, 3.8) is 0 Å². The summed E-state index contributed by atoms with van der Waals surface area (Å²) in [6.45, 7) is 0. The molecule has 0 unspecified atom stereocenters. The average molecular weight is 151 g/mol. The number of hydrogen-bond acceptors (Lipinski definition) is 1. The molecule has 0 aromatic rings. The zero-order valence-electron chi connectivity index (χ0n) is 4.77. The second-order valence-corrected chi connectivity index (χ2v) is 1.54. The van der Waals surface area contributed by atoms with E-state index in [1.165, 1.54) is 0 Å². The normalized spacial score (nSPS) is 8.43. The monoisotopic (exact) mass is 151 g/mol. The smallest absolute Gasteiger partial charge is 1.00 e. The summed E-state index contributed by atoms with van der Waals surface area (Å²) in [5, 5.41) is 0. The van der Waals surface area contributed by atoms with Crippen LogP contribution < -0.4 is 18.9 Å². The third-order valence-electron chi connectivity index (χ3n) is 0. The van der Waals surface area contributed by atoms with Gasteiger partial charge in [-0.15, -0.1) is 0 Å². The Morgan fingerprint density at radius 3 is 1.29 bits per heavy atom. The quantitative estimate of drug-likeness (QED) is 0.245. The predicted octanol–water partition coefficient (Wildman–Crippen LogP) is -3.81. The van der Waals surface area contributed by atoms with Crippen LogP contribution in [0.1, 0.15) is 1.43 Å². The molecule has 0 atom stereocenters. The molecule has 0 aliphatic rings. The molecule has 0 aromatic heterocycles. The van der Waals surface area contributed by atoms with Gasteiger partial charge in [-0.1, -0.05) is 0 Å². The van der Waals surface area contributed by atoms with E-state index in [1.807, 2.05) is 0 Å². The van der Waals surface area contributed by atoms with Crippen LogP contribution in [0, 0.1) is 0 Å². The minimum atomic E-state index is -4.64. The number of phosphoric acid groups is 1. The van der Waals surface area contributed by atoms with Crippen molar-refractivity contribution in [1.29, 1.82) is 0 Å². The maximum Gasteiger partial charge on any atom is 1.00 e. The van der Waals surface area contributed by atoms with Gasteiger partial charge < -0.3 is 16.1 Å². The number of hydrogen-bond donors (Lipinski definition) is 3. The fourth-order valence-corrected chi connectivity index (χ4v) is 0. The minimum absolute atomic E-state index is 0. The maximum atomic E-state index is 8.88. The van der Waals surface area contributed by atoms with E-state index in [-0.39, 0.29) is 46.1 Å². The van der Waals surface area contributed by atoms with E-state index in [0.29, 0.717) is 0 Å². The van der Waals surface area contributed by atoms with Gasteiger partial charge in [0.05, 0.1) is 0 Å². The van der Waals surface area contributed by atoms with Gasteiger partial charge in [-0.3, -0.25) is 0 Å². The van der Waals surface area contributed by atoms with Crippen LogP contribution in [0.2, 0.25) is 0 Å². The van der Waals surface area contributed by atoms with Gasteiger partial charge in [-0.2, -0.15) is 0 Å². The van der Waals surface area contributed by atoms with Gasteiger partial charge in [0.15, 0.2) is 0 Å². The van der Waals surface area contributed by atoms with E-state index >= 15 is 0 Å². The summed E-state index contributed by atoms with van der Waals surface area (Å²) in [6.07, 6.45) is 0. The molecule has 0 amide bonds. The third kappa shape index (κ3) is 94.7. The maximum absolute atomic E-state index is 8.88. The zero-order chi connectivity index (χ0) is 4.50. The Morgan fingerprint density at radius 2 is 1.29 bits per heavy atom.